The standard InChI is InChI=1S/C26H27ClN6O3/c1-32-9-11-33(12-10-32)29-15-20(34)28-14-16-3-2-4-18(13-16)24-22-21(25(35)31-24)23(30-26(22)36)17-5-7-19(27)8-6-17/h2-8,13,29,31,35H,9-12,14-15H2,1H3,(H,28,34). The Balaban J connectivity index is 1.27. The van der Waals surface area contributed by atoms with Crippen LogP contribution in [0, 0.1) is 0 Å². The molecule has 1 fully saturated rings. The van der Waals surface area contributed by atoms with Crippen LogP contribution >= 0.6 is 11.6 Å². The molecule has 1 saturated heterocycles. The maximum Gasteiger partial charge on any atom is 0.280 e. The van der Waals surface area contributed by atoms with Gasteiger partial charge in [-0.15, -0.1) is 0 Å². The predicted octanol–water partition coefficient (Wildman–Crippen LogP) is 2.40. The lowest BCUT2D eigenvalue weighted by molar-refractivity contribution is -0.121. The Labute approximate surface area is 213 Å². The van der Waals surface area contributed by atoms with Crippen LogP contribution in [-0.4, -0.2) is 77.3 Å². The van der Waals surface area contributed by atoms with Crippen LogP contribution in [0.25, 0.3) is 11.3 Å². The number of rotatable bonds is 7. The van der Waals surface area contributed by atoms with E-state index in [4.69, 9.17) is 11.6 Å². The molecule has 9 nitrogen and oxygen atoms in total. The molecule has 0 aliphatic carbocycles. The zero-order valence-electron chi connectivity index (χ0n) is 19.8. The average Bonchev–Trinajstić information content (AvgIpc) is 3.41. The lowest BCUT2D eigenvalue weighted by atomic mass is 9.99. The second-order valence-corrected chi connectivity index (χ2v) is 9.41. The molecule has 2 aromatic carbocycles. The first kappa shape index (κ1) is 24.2. The summed E-state index contributed by atoms with van der Waals surface area (Å²) in [6, 6.07) is 14.4. The zero-order chi connectivity index (χ0) is 25.2. The molecule has 2 amide bonds. The van der Waals surface area contributed by atoms with Crippen LogP contribution in [0.3, 0.4) is 0 Å². The third-order valence-electron chi connectivity index (χ3n) is 6.43. The van der Waals surface area contributed by atoms with Crippen LogP contribution in [-0.2, 0) is 11.3 Å². The highest BCUT2D eigenvalue weighted by atomic mass is 35.5. The fourth-order valence-electron chi connectivity index (χ4n) is 4.43. The van der Waals surface area contributed by atoms with Gasteiger partial charge in [0.1, 0.15) is 0 Å². The number of aromatic nitrogens is 1. The molecule has 0 spiro atoms. The van der Waals surface area contributed by atoms with Crippen molar-refractivity contribution in [2.45, 2.75) is 6.54 Å². The summed E-state index contributed by atoms with van der Waals surface area (Å²) in [5, 5.41) is 16.2. The quantitative estimate of drug-likeness (QED) is 0.391. The topological polar surface area (TPSA) is 113 Å². The number of piperazine rings is 1. The number of aromatic amines is 1. The van der Waals surface area contributed by atoms with Gasteiger partial charge >= 0.3 is 0 Å². The number of halogens is 1. The lowest BCUT2D eigenvalue weighted by Crippen LogP contribution is -2.52. The Hall–Kier alpha value is -3.50. The molecule has 5 rings (SSSR count). The lowest BCUT2D eigenvalue weighted by Gasteiger charge is -2.32. The number of H-pyrrole nitrogens is 1. The minimum atomic E-state index is -0.421. The highest BCUT2D eigenvalue weighted by Gasteiger charge is 2.33. The summed E-state index contributed by atoms with van der Waals surface area (Å²) in [6.07, 6.45) is 0. The first-order chi connectivity index (χ1) is 17.4. The number of aromatic hydroxyl groups is 1. The summed E-state index contributed by atoms with van der Waals surface area (Å²) < 4.78 is 0. The minimum absolute atomic E-state index is 0.103. The third kappa shape index (κ3) is 5.05. The van der Waals surface area contributed by atoms with Crippen molar-refractivity contribution in [3.8, 4) is 17.1 Å². The molecule has 0 bridgehead atoms. The highest BCUT2D eigenvalue weighted by molar-refractivity contribution is 6.32. The van der Waals surface area contributed by atoms with Gasteiger partial charge in [-0.3, -0.25) is 9.59 Å². The van der Waals surface area contributed by atoms with Gasteiger partial charge in [0.25, 0.3) is 5.91 Å². The number of nitrogens with zero attached hydrogens (tertiary/aromatic N) is 3. The molecular formula is C26H27ClN6O3. The van der Waals surface area contributed by atoms with Crippen molar-refractivity contribution in [3.63, 3.8) is 0 Å². The number of hydrogen-bond acceptors (Lipinski definition) is 6. The number of fused-ring (bicyclic) bond motifs is 1. The number of amides is 2. The molecule has 10 heteroatoms. The van der Waals surface area contributed by atoms with Gasteiger partial charge in [0, 0.05) is 43.3 Å². The maximum absolute atomic E-state index is 12.8. The Kier molecular flexibility index (Phi) is 6.88. The van der Waals surface area contributed by atoms with Crippen molar-refractivity contribution in [1.82, 2.24) is 25.6 Å². The minimum Gasteiger partial charge on any atom is -0.494 e. The van der Waals surface area contributed by atoms with Gasteiger partial charge in [-0.1, -0.05) is 41.9 Å². The summed E-state index contributed by atoms with van der Waals surface area (Å²) in [6.45, 7) is 4.23. The number of hydrazine groups is 1. The second kappa shape index (κ2) is 10.2. The summed E-state index contributed by atoms with van der Waals surface area (Å²) in [5.41, 5.74) is 7.06. The number of hydrogen-bond donors (Lipinski definition) is 4. The fourth-order valence-corrected chi connectivity index (χ4v) is 4.55. The highest BCUT2D eigenvalue weighted by Crippen LogP contribution is 2.38. The van der Waals surface area contributed by atoms with Gasteiger partial charge in [-0.2, -0.15) is 0 Å². The predicted molar refractivity (Wildman–Crippen MR) is 138 cm³/mol. The van der Waals surface area contributed by atoms with Gasteiger partial charge < -0.3 is 20.3 Å². The summed E-state index contributed by atoms with van der Waals surface area (Å²) >= 11 is 5.98. The van der Waals surface area contributed by atoms with Crippen LogP contribution in [0.5, 0.6) is 5.88 Å². The molecule has 0 saturated carbocycles. The van der Waals surface area contributed by atoms with Crippen molar-refractivity contribution >= 4 is 29.1 Å². The second-order valence-electron chi connectivity index (χ2n) is 8.97. The number of carbonyl (C=O) groups excluding carboxylic acids is 2. The van der Waals surface area contributed by atoms with E-state index in [1.165, 1.54) is 0 Å². The van der Waals surface area contributed by atoms with Crippen molar-refractivity contribution in [2.24, 2.45) is 4.99 Å². The SMILES string of the molecule is CN1CCN(NCC(=O)NCc2cccc(-c3[nH]c(O)c4c3C(=O)N=C4c3ccc(Cl)cc3)c2)CC1. The van der Waals surface area contributed by atoms with Crippen LogP contribution in [0.4, 0.5) is 0 Å². The smallest absolute Gasteiger partial charge is 0.280 e. The third-order valence-corrected chi connectivity index (χ3v) is 6.69. The van der Waals surface area contributed by atoms with Crippen LogP contribution < -0.4 is 10.7 Å². The fraction of sp³-hybridized carbons (Fsp3) is 0.269. The number of carbonyl (C=O) groups is 2. The van der Waals surface area contributed by atoms with Crippen molar-refractivity contribution < 1.29 is 14.7 Å². The van der Waals surface area contributed by atoms with Gasteiger partial charge in [0.05, 0.1) is 29.1 Å². The molecule has 3 heterocycles. The van der Waals surface area contributed by atoms with E-state index in [0.29, 0.717) is 39.7 Å². The van der Waals surface area contributed by atoms with E-state index in [2.05, 4.69) is 37.7 Å². The largest absolute Gasteiger partial charge is 0.494 e. The number of aliphatic imine (C=N–C) groups is 1. The summed E-state index contributed by atoms with van der Waals surface area (Å²) in [4.78, 5) is 34.6. The molecule has 0 unspecified atom stereocenters. The maximum atomic E-state index is 12.8. The summed E-state index contributed by atoms with van der Waals surface area (Å²) in [5.74, 6) is -0.641. The molecule has 186 valence electrons. The van der Waals surface area contributed by atoms with E-state index in [-0.39, 0.29) is 18.3 Å². The van der Waals surface area contributed by atoms with Crippen molar-refractivity contribution in [3.05, 3.63) is 75.8 Å². The Morgan fingerprint density at radius 1 is 1.08 bits per heavy atom. The normalized spacial score (nSPS) is 16.2. The van der Waals surface area contributed by atoms with Crippen LogP contribution in [0.1, 0.15) is 27.0 Å². The molecule has 0 radical (unpaired) electrons. The number of benzene rings is 2. The number of likely N-dealkylation sites (N-methyl/N-ethyl adjacent to an activating group) is 1. The zero-order valence-corrected chi connectivity index (χ0v) is 20.6. The molecule has 36 heavy (non-hydrogen) atoms. The van der Waals surface area contributed by atoms with E-state index in [0.717, 1.165) is 37.3 Å². The molecule has 4 N–H and O–H groups in total. The van der Waals surface area contributed by atoms with E-state index < -0.39 is 5.91 Å². The van der Waals surface area contributed by atoms with E-state index in [1.807, 2.05) is 24.3 Å². The van der Waals surface area contributed by atoms with E-state index >= 15 is 0 Å². The first-order valence-electron chi connectivity index (χ1n) is 11.8. The Morgan fingerprint density at radius 2 is 1.83 bits per heavy atom. The number of nitrogens with one attached hydrogen (secondary N) is 3. The van der Waals surface area contributed by atoms with Gasteiger partial charge in [0.15, 0.2) is 5.88 Å². The molecule has 3 aromatic rings. The van der Waals surface area contributed by atoms with Crippen molar-refractivity contribution in [2.75, 3.05) is 39.8 Å². The molecule has 1 aromatic heterocycles. The van der Waals surface area contributed by atoms with E-state index in [1.54, 1.807) is 24.3 Å². The van der Waals surface area contributed by atoms with Crippen LogP contribution in [0.15, 0.2) is 53.5 Å². The van der Waals surface area contributed by atoms with Crippen LogP contribution in [0.2, 0.25) is 5.02 Å². The molecule has 2 aliphatic rings. The van der Waals surface area contributed by atoms with Gasteiger partial charge in [-0.25, -0.2) is 15.4 Å². The summed E-state index contributed by atoms with van der Waals surface area (Å²) in [7, 11) is 2.09. The monoisotopic (exact) mass is 506 g/mol. The van der Waals surface area contributed by atoms with Gasteiger partial charge in [-0.05, 0) is 36.4 Å². The first-order valence-corrected chi connectivity index (χ1v) is 12.1. The van der Waals surface area contributed by atoms with E-state index in [9.17, 15) is 14.7 Å². The van der Waals surface area contributed by atoms with Gasteiger partial charge in [0.2, 0.25) is 5.91 Å². The average molecular weight is 507 g/mol. The molecule has 0 atom stereocenters. The molecular weight excluding hydrogens is 480 g/mol. The van der Waals surface area contributed by atoms with Crippen molar-refractivity contribution in [1.29, 1.82) is 0 Å². The Bertz CT molecular complexity index is 1330. The molecule has 2 aliphatic heterocycles. The Morgan fingerprint density at radius 3 is 2.58 bits per heavy atom.